The number of allylic oxidation sites excluding steroid dienone is 1. The molecule has 3 heteroatoms. The van der Waals surface area contributed by atoms with Crippen molar-refractivity contribution < 1.29 is 9.53 Å². The van der Waals surface area contributed by atoms with E-state index < -0.39 is 5.97 Å². The van der Waals surface area contributed by atoms with Crippen LogP contribution in [0.3, 0.4) is 0 Å². The molecule has 0 aromatic rings. The monoisotopic (exact) mass is 167 g/mol. The Labute approximate surface area is 72.8 Å². The number of carbonyl (C=O) groups excluding carboxylic acids is 1. The number of rotatable bonds is 1. The molecule has 0 amide bonds. The first-order valence-corrected chi connectivity index (χ1v) is 3.59. The smallest absolute Gasteiger partial charge is 0.335 e. The van der Waals surface area contributed by atoms with Gasteiger partial charge in [0.2, 0.25) is 0 Å². The molecule has 0 aliphatic heterocycles. The maximum absolute atomic E-state index is 10.9. The number of carbonyl (C=O) groups is 1. The molecule has 0 aliphatic rings. The first-order valence-electron chi connectivity index (χ1n) is 3.59. The second kappa shape index (κ2) is 3.91. The van der Waals surface area contributed by atoms with E-state index in [4.69, 9.17) is 6.57 Å². The molecule has 0 bridgehead atoms. The molecule has 0 aromatic carbocycles. The van der Waals surface area contributed by atoms with Crippen LogP contribution in [0.25, 0.3) is 4.85 Å². The van der Waals surface area contributed by atoms with E-state index in [0.29, 0.717) is 0 Å². The molecule has 0 fully saturated rings. The lowest BCUT2D eigenvalue weighted by atomic mass is 9.95. The minimum atomic E-state index is -0.570. The molecule has 0 rings (SSSR count). The normalized spacial score (nSPS) is 12.1. The van der Waals surface area contributed by atoms with Gasteiger partial charge in [0.25, 0.3) is 5.70 Å². The number of methoxy groups -OCH3 is 1. The van der Waals surface area contributed by atoms with E-state index in [1.54, 1.807) is 6.08 Å². The third-order valence-corrected chi connectivity index (χ3v) is 1.08. The van der Waals surface area contributed by atoms with Gasteiger partial charge in [-0.2, -0.15) is 0 Å². The second-order valence-electron chi connectivity index (χ2n) is 3.50. The summed E-state index contributed by atoms with van der Waals surface area (Å²) in [5.41, 5.74) is -0.126. The van der Waals surface area contributed by atoms with E-state index in [1.807, 2.05) is 20.8 Å². The van der Waals surface area contributed by atoms with Crippen LogP contribution in [0.5, 0.6) is 0 Å². The molecular weight excluding hydrogens is 154 g/mol. The first kappa shape index (κ1) is 10.7. The van der Waals surface area contributed by atoms with Gasteiger partial charge in [0.1, 0.15) is 0 Å². The van der Waals surface area contributed by atoms with Crippen LogP contribution in [0.15, 0.2) is 11.8 Å². The molecule has 0 saturated carbocycles. The van der Waals surface area contributed by atoms with Crippen molar-refractivity contribution in [1.29, 1.82) is 0 Å². The summed E-state index contributed by atoms with van der Waals surface area (Å²) in [6.45, 7) is 12.5. The molecule has 66 valence electrons. The van der Waals surface area contributed by atoms with Crippen LogP contribution in [0.1, 0.15) is 20.8 Å². The topological polar surface area (TPSA) is 30.7 Å². The number of hydrogen-bond acceptors (Lipinski definition) is 2. The predicted molar refractivity (Wildman–Crippen MR) is 46.2 cm³/mol. The Morgan fingerprint density at radius 3 is 2.25 bits per heavy atom. The fourth-order valence-electron chi connectivity index (χ4n) is 0.652. The average molecular weight is 167 g/mol. The molecule has 0 aromatic heterocycles. The molecule has 12 heavy (non-hydrogen) atoms. The quantitative estimate of drug-likeness (QED) is 0.340. The minimum Gasteiger partial charge on any atom is -0.474 e. The maximum Gasteiger partial charge on any atom is 0.335 e. The van der Waals surface area contributed by atoms with Gasteiger partial charge in [0.15, 0.2) is 0 Å². The average Bonchev–Trinajstić information content (AvgIpc) is 1.97. The van der Waals surface area contributed by atoms with E-state index in [1.165, 1.54) is 7.11 Å². The Hall–Kier alpha value is -1.30. The molecule has 0 radical (unpaired) electrons. The number of hydrogen-bond donors (Lipinski definition) is 0. The van der Waals surface area contributed by atoms with Gasteiger partial charge in [-0.05, 0) is 5.41 Å². The van der Waals surface area contributed by atoms with Crippen LogP contribution in [0.4, 0.5) is 0 Å². The molecular formula is C9H13NO2. The van der Waals surface area contributed by atoms with E-state index >= 15 is 0 Å². The lowest BCUT2D eigenvalue weighted by molar-refractivity contribution is -0.135. The zero-order valence-corrected chi connectivity index (χ0v) is 7.84. The lowest BCUT2D eigenvalue weighted by Gasteiger charge is -2.12. The number of ether oxygens (including phenoxy) is 1. The molecule has 0 unspecified atom stereocenters. The van der Waals surface area contributed by atoms with Crippen molar-refractivity contribution in [2.24, 2.45) is 5.41 Å². The lowest BCUT2D eigenvalue weighted by Crippen LogP contribution is -2.07. The van der Waals surface area contributed by atoms with E-state index in [2.05, 4.69) is 9.58 Å². The van der Waals surface area contributed by atoms with Crippen molar-refractivity contribution in [1.82, 2.24) is 0 Å². The van der Waals surface area contributed by atoms with Gasteiger partial charge in [-0.25, -0.2) is 4.85 Å². The van der Waals surface area contributed by atoms with E-state index in [0.717, 1.165) is 0 Å². The highest BCUT2D eigenvalue weighted by molar-refractivity contribution is 5.90. The fourth-order valence-corrected chi connectivity index (χ4v) is 0.652. The van der Waals surface area contributed by atoms with Crippen LogP contribution in [-0.2, 0) is 9.53 Å². The Morgan fingerprint density at radius 2 is 2.00 bits per heavy atom. The summed E-state index contributed by atoms with van der Waals surface area (Å²) < 4.78 is 4.43. The minimum absolute atomic E-state index is 0.0463. The summed E-state index contributed by atoms with van der Waals surface area (Å²) in [6, 6.07) is 0. The third kappa shape index (κ3) is 3.77. The van der Waals surface area contributed by atoms with Gasteiger partial charge < -0.3 is 4.74 Å². The van der Waals surface area contributed by atoms with Gasteiger partial charge in [0, 0.05) is 0 Å². The Morgan fingerprint density at radius 1 is 1.50 bits per heavy atom. The Balaban J connectivity index is 4.71. The predicted octanol–water partition coefficient (Wildman–Crippen LogP) is 2.01. The SMILES string of the molecule is [C-]#[N+]C(=CC(C)(C)C)C(=O)OC. The van der Waals surface area contributed by atoms with Crippen LogP contribution in [0, 0.1) is 12.0 Å². The fraction of sp³-hybridized carbons (Fsp3) is 0.556. The summed E-state index contributed by atoms with van der Waals surface area (Å²) >= 11 is 0. The van der Waals surface area contributed by atoms with Gasteiger partial charge in [0.05, 0.1) is 13.7 Å². The van der Waals surface area contributed by atoms with Crippen molar-refractivity contribution in [3.8, 4) is 0 Å². The maximum atomic E-state index is 10.9. The van der Waals surface area contributed by atoms with Crippen molar-refractivity contribution in [3.05, 3.63) is 23.2 Å². The summed E-state index contributed by atoms with van der Waals surface area (Å²) in [5.74, 6) is -0.570. The summed E-state index contributed by atoms with van der Waals surface area (Å²) in [4.78, 5) is 14.0. The van der Waals surface area contributed by atoms with Crippen LogP contribution in [-0.4, -0.2) is 13.1 Å². The first-order chi connectivity index (χ1) is 5.40. The Bertz CT molecular complexity index is 240. The zero-order valence-electron chi connectivity index (χ0n) is 7.84. The third-order valence-electron chi connectivity index (χ3n) is 1.08. The highest BCUT2D eigenvalue weighted by Crippen LogP contribution is 2.18. The zero-order chi connectivity index (χ0) is 9.78. The highest BCUT2D eigenvalue weighted by atomic mass is 16.5. The van der Waals surface area contributed by atoms with Gasteiger partial charge >= 0.3 is 5.97 Å². The molecule has 0 aliphatic carbocycles. The van der Waals surface area contributed by atoms with Gasteiger partial charge in [-0.1, -0.05) is 26.8 Å². The molecule has 3 nitrogen and oxygen atoms in total. The molecule has 0 heterocycles. The van der Waals surface area contributed by atoms with Crippen molar-refractivity contribution >= 4 is 5.97 Å². The van der Waals surface area contributed by atoms with Crippen molar-refractivity contribution in [3.63, 3.8) is 0 Å². The standard InChI is InChI=1S/C9H13NO2/c1-9(2,3)6-7(10-4)8(11)12-5/h6H,1-3,5H3. The van der Waals surface area contributed by atoms with Gasteiger partial charge in [-0.15, -0.1) is 0 Å². The van der Waals surface area contributed by atoms with Gasteiger partial charge in [-0.3, -0.25) is 4.79 Å². The summed E-state index contributed by atoms with van der Waals surface area (Å²) in [6.07, 6.45) is 1.60. The van der Waals surface area contributed by atoms with E-state index in [-0.39, 0.29) is 11.1 Å². The van der Waals surface area contributed by atoms with Crippen LogP contribution in [0.2, 0.25) is 0 Å². The highest BCUT2D eigenvalue weighted by Gasteiger charge is 2.14. The summed E-state index contributed by atoms with van der Waals surface area (Å²) in [5, 5.41) is 0. The number of nitrogens with zero attached hydrogens (tertiary/aromatic N) is 1. The van der Waals surface area contributed by atoms with E-state index in [9.17, 15) is 4.79 Å². The van der Waals surface area contributed by atoms with Crippen LogP contribution >= 0.6 is 0 Å². The summed E-state index contributed by atoms with van der Waals surface area (Å²) in [7, 11) is 1.27. The van der Waals surface area contributed by atoms with Crippen molar-refractivity contribution in [2.45, 2.75) is 20.8 Å². The van der Waals surface area contributed by atoms with Crippen LogP contribution < -0.4 is 0 Å². The molecule has 0 N–H and O–H groups in total. The molecule has 0 spiro atoms. The molecule has 0 atom stereocenters. The van der Waals surface area contributed by atoms with Crippen molar-refractivity contribution in [2.75, 3.05) is 7.11 Å². The Kier molecular flexibility index (Phi) is 3.49. The number of esters is 1. The second-order valence-corrected chi connectivity index (χ2v) is 3.50. The molecule has 0 saturated heterocycles. The largest absolute Gasteiger partial charge is 0.474 e.